The van der Waals surface area contributed by atoms with Crippen LogP contribution >= 0.6 is 11.3 Å². The largest absolute Gasteiger partial charge is 0.479 e. The number of hydrogen-bond acceptors (Lipinski definition) is 10. The lowest BCUT2D eigenvalue weighted by Gasteiger charge is -2.51. The third-order valence-electron chi connectivity index (χ3n) is 4.65. The molecule has 5 N–H and O–H groups in total. The molecule has 2 fully saturated rings. The molecule has 1 aromatic heterocycles. The Morgan fingerprint density at radius 3 is 2.53 bits per heavy atom. The van der Waals surface area contributed by atoms with Crippen molar-refractivity contribution in [3.63, 3.8) is 0 Å². The number of hydrogen-bond donors (Lipinski definition) is 4. The van der Waals surface area contributed by atoms with Gasteiger partial charge in [0, 0.05) is 18.2 Å². The van der Waals surface area contributed by atoms with Gasteiger partial charge in [-0.3, -0.25) is 14.4 Å². The van der Waals surface area contributed by atoms with Crippen molar-refractivity contribution in [2.75, 3.05) is 12.3 Å². The molecule has 1 saturated carbocycles. The lowest BCUT2D eigenvalue weighted by molar-refractivity contribution is -0.257. The molecule has 3 rings (SSSR count). The molecule has 2 aliphatic rings. The van der Waals surface area contributed by atoms with Crippen LogP contribution in [0.15, 0.2) is 10.5 Å². The van der Waals surface area contributed by atoms with Crippen molar-refractivity contribution in [1.29, 1.82) is 0 Å². The summed E-state index contributed by atoms with van der Waals surface area (Å²) in [5.41, 5.74) is 2.78. The second-order valence-corrected chi connectivity index (χ2v) is 8.15. The lowest BCUT2D eigenvalue weighted by Crippen LogP contribution is -2.76. The molecule has 0 radical (unpaired) electrons. The van der Waals surface area contributed by atoms with Gasteiger partial charge in [0.15, 0.2) is 17.5 Å². The standard InChI is InChI=1S/C16H19N5O8S/c1-15(2)10(12(25)21(15)28-5-8(22)23)19-11(24)9(7-6-30-14(17)18-7)20-29-16(3-4-16)13(26)27/h6,10H,3-5H2,1-2H3,(H2,17,18)(H,19,24)(H,22,23)(H,26,27)/b20-9-/t10-/m1/s1. The Morgan fingerprint density at radius 2 is 2.07 bits per heavy atom. The molecule has 2 heterocycles. The molecule has 1 aliphatic carbocycles. The van der Waals surface area contributed by atoms with E-state index < -0.39 is 47.5 Å². The summed E-state index contributed by atoms with van der Waals surface area (Å²) in [6.45, 7) is 2.42. The topological polar surface area (TPSA) is 194 Å². The normalized spacial score (nSPS) is 21.5. The number of β-lactam (4-membered cyclic amide) rings is 1. The van der Waals surface area contributed by atoms with E-state index in [0.717, 1.165) is 16.4 Å². The van der Waals surface area contributed by atoms with E-state index in [9.17, 15) is 24.3 Å². The first-order valence-corrected chi connectivity index (χ1v) is 9.56. The Morgan fingerprint density at radius 1 is 1.40 bits per heavy atom. The van der Waals surface area contributed by atoms with Crippen LogP contribution in [0.1, 0.15) is 32.4 Å². The number of hydroxylamine groups is 2. The van der Waals surface area contributed by atoms with Gasteiger partial charge >= 0.3 is 11.9 Å². The second-order valence-electron chi connectivity index (χ2n) is 7.26. The van der Waals surface area contributed by atoms with Crippen molar-refractivity contribution < 1.29 is 39.1 Å². The van der Waals surface area contributed by atoms with Gasteiger partial charge in [0.25, 0.3) is 11.8 Å². The molecule has 1 aliphatic heterocycles. The van der Waals surface area contributed by atoms with Crippen LogP contribution in [0.5, 0.6) is 0 Å². The zero-order valence-electron chi connectivity index (χ0n) is 15.9. The van der Waals surface area contributed by atoms with Gasteiger partial charge in [-0.25, -0.2) is 19.6 Å². The first kappa shape index (κ1) is 21.4. The number of carboxylic acid groups (broad SMARTS) is 2. The van der Waals surface area contributed by atoms with Crippen LogP contribution in [-0.2, 0) is 28.9 Å². The Hall–Kier alpha value is -3.26. The maximum Gasteiger partial charge on any atom is 0.350 e. The quantitative estimate of drug-likeness (QED) is 0.214. The number of rotatable bonds is 9. The van der Waals surface area contributed by atoms with Crippen molar-refractivity contribution in [3.05, 3.63) is 11.1 Å². The zero-order valence-corrected chi connectivity index (χ0v) is 16.8. The van der Waals surface area contributed by atoms with Crippen LogP contribution in [0.4, 0.5) is 5.13 Å². The van der Waals surface area contributed by atoms with Crippen LogP contribution in [-0.4, -0.2) is 73.5 Å². The van der Waals surface area contributed by atoms with Crippen LogP contribution in [0, 0.1) is 0 Å². The van der Waals surface area contributed by atoms with Gasteiger partial charge in [-0.1, -0.05) is 5.16 Å². The number of carbonyl (C=O) groups is 4. The van der Waals surface area contributed by atoms with Gasteiger partial charge in [0.2, 0.25) is 5.60 Å². The molecule has 1 atom stereocenters. The first-order chi connectivity index (χ1) is 14.0. The zero-order chi connectivity index (χ0) is 22.3. The minimum absolute atomic E-state index is 0.0553. The van der Waals surface area contributed by atoms with Crippen LogP contribution in [0.2, 0.25) is 0 Å². The number of nitrogens with one attached hydrogen (secondary N) is 1. The highest BCUT2D eigenvalue weighted by Crippen LogP contribution is 2.40. The van der Waals surface area contributed by atoms with E-state index in [4.69, 9.17) is 20.5 Å². The van der Waals surface area contributed by atoms with Crippen LogP contribution in [0.3, 0.4) is 0 Å². The third-order valence-corrected chi connectivity index (χ3v) is 5.33. The molecule has 13 nitrogen and oxygen atoms in total. The molecule has 0 spiro atoms. The Kier molecular flexibility index (Phi) is 5.38. The molecule has 0 aromatic carbocycles. The average Bonchev–Trinajstić information content (AvgIpc) is 3.34. The minimum atomic E-state index is -1.49. The monoisotopic (exact) mass is 441 g/mol. The highest BCUT2D eigenvalue weighted by atomic mass is 32.1. The molecule has 0 bridgehead atoms. The number of nitrogens with zero attached hydrogens (tertiary/aromatic N) is 3. The smallest absolute Gasteiger partial charge is 0.350 e. The molecule has 14 heteroatoms. The Bertz CT molecular complexity index is 938. The Balaban J connectivity index is 1.76. The summed E-state index contributed by atoms with van der Waals surface area (Å²) in [4.78, 5) is 61.1. The lowest BCUT2D eigenvalue weighted by atomic mass is 9.84. The fraction of sp³-hybridized carbons (Fsp3) is 0.500. The summed E-state index contributed by atoms with van der Waals surface area (Å²) in [5, 5.41) is 26.5. The number of aliphatic carboxylic acids is 2. The van der Waals surface area contributed by atoms with Gasteiger partial charge in [-0.05, 0) is 13.8 Å². The molecule has 1 saturated heterocycles. The summed E-state index contributed by atoms with van der Waals surface area (Å²) < 4.78 is 0. The molecule has 1 aromatic rings. The van der Waals surface area contributed by atoms with Gasteiger partial charge < -0.3 is 26.1 Å². The Labute approximate surface area is 173 Å². The SMILES string of the molecule is CC1(C)[C@H](NC(=O)/C(=N\OC2(C(=O)O)CC2)c2csc(N)n2)C(=O)N1OCC(=O)O. The summed E-state index contributed by atoms with van der Waals surface area (Å²) in [7, 11) is 0. The number of nitrogens with two attached hydrogens (primary N) is 1. The van der Waals surface area contributed by atoms with Crippen molar-refractivity contribution in [1.82, 2.24) is 15.4 Å². The van der Waals surface area contributed by atoms with E-state index in [-0.39, 0.29) is 29.4 Å². The summed E-state index contributed by atoms with van der Waals surface area (Å²) in [6.07, 6.45) is 0.480. The third kappa shape index (κ3) is 3.91. The van der Waals surface area contributed by atoms with Gasteiger partial charge in [0.1, 0.15) is 11.7 Å². The average molecular weight is 441 g/mol. The van der Waals surface area contributed by atoms with E-state index in [1.165, 1.54) is 5.38 Å². The summed E-state index contributed by atoms with van der Waals surface area (Å²) in [6, 6.07) is -1.05. The van der Waals surface area contributed by atoms with Crippen molar-refractivity contribution in [2.45, 2.75) is 43.9 Å². The van der Waals surface area contributed by atoms with Gasteiger partial charge in [-0.2, -0.15) is 0 Å². The first-order valence-electron chi connectivity index (χ1n) is 8.68. The number of thiazole rings is 1. The number of carbonyl (C=O) groups excluding carboxylic acids is 2. The van der Waals surface area contributed by atoms with E-state index >= 15 is 0 Å². The summed E-state index contributed by atoms with van der Waals surface area (Å²) in [5.74, 6) is -3.96. The second kappa shape index (κ2) is 7.53. The minimum Gasteiger partial charge on any atom is -0.479 e. The van der Waals surface area contributed by atoms with Gasteiger partial charge in [0.05, 0.1) is 5.54 Å². The fourth-order valence-electron chi connectivity index (χ4n) is 2.73. The van der Waals surface area contributed by atoms with Crippen LogP contribution in [0.25, 0.3) is 0 Å². The highest BCUT2D eigenvalue weighted by Gasteiger charge is 2.57. The number of anilines is 1. The van der Waals surface area contributed by atoms with Crippen LogP contribution < -0.4 is 11.1 Å². The fourth-order valence-corrected chi connectivity index (χ4v) is 3.28. The number of oxime groups is 1. The maximum atomic E-state index is 12.8. The highest BCUT2D eigenvalue weighted by molar-refractivity contribution is 7.13. The molecule has 0 unspecified atom stereocenters. The van der Waals surface area contributed by atoms with Crippen molar-refractivity contribution in [3.8, 4) is 0 Å². The van der Waals surface area contributed by atoms with E-state index in [1.807, 2.05) is 0 Å². The number of nitrogen functional groups attached to an aromatic ring is 1. The number of amides is 2. The maximum absolute atomic E-state index is 12.8. The van der Waals surface area contributed by atoms with E-state index in [1.54, 1.807) is 13.8 Å². The number of carboxylic acids is 2. The van der Waals surface area contributed by atoms with Gasteiger partial charge in [-0.15, -0.1) is 11.3 Å². The van der Waals surface area contributed by atoms with Crippen molar-refractivity contribution >= 4 is 45.9 Å². The van der Waals surface area contributed by atoms with E-state index in [2.05, 4.69) is 15.5 Å². The molecular formula is C16H19N5O8S. The molecular weight excluding hydrogens is 422 g/mol. The van der Waals surface area contributed by atoms with Crippen molar-refractivity contribution in [2.24, 2.45) is 5.16 Å². The predicted molar refractivity (Wildman–Crippen MR) is 100 cm³/mol. The molecule has 30 heavy (non-hydrogen) atoms. The number of aromatic nitrogens is 1. The summed E-state index contributed by atoms with van der Waals surface area (Å²) >= 11 is 1.04. The molecule has 2 amide bonds. The van der Waals surface area contributed by atoms with E-state index in [0.29, 0.717) is 0 Å². The predicted octanol–water partition coefficient (Wildman–Crippen LogP) is -0.815. The molecule has 162 valence electrons.